The first kappa shape index (κ1) is 14.3. The van der Waals surface area contributed by atoms with E-state index in [2.05, 4.69) is 43.1 Å². The molecule has 3 atom stereocenters. The van der Waals surface area contributed by atoms with Crippen LogP contribution in [-0.2, 0) is 0 Å². The van der Waals surface area contributed by atoms with Gasteiger partial charge >= 0.3 is 0 Å². The number of likely N-dealkylation sites (tertiary alicyclic amines) is 1. The van der Waals surface area contributed by atoms with Crippen LogP contribution < -0.4 is 5.32 Å². The molecule has 1 aliphatic heterocycles. The second kappa shape index (κ2) is 6.36. The minimum Gasteiger partial charge on any atom is -0.314 e. The van der Waals surface area contributed by atoms with Gasteiger partial charge in [0.1, 0.15) is 0 Å². The van der Waals surface area contributed by atoms with E-state index in [1.807, 2.05) is 0 Å². The molecule has 18 heavy (non-hydrogen) atoms. The fraction of sp³-hybridized carbons (Fsp3) is 1.00. The van der Waals surface area contributed by atoms with Crippen molar-refractivity contribution in [3.8, 4) is 0 Å². The number of rotatable bonds is 7. The third-order valence-electron chi connectivity index (χ3n) is 4.99. The Morgan fingerprint density at radius 3 is 2.56 bits per heavy atom. The average molecular weight is 253 g/mol. The highest BCUT2D eigenvalue weighted by atomic mass is 15.2. The van der Waals surface area contributed by atoms with Gasteiger partial charge in [0.05, 0.1) is 0 Å². The molecular weight excluding hydrogens is 222 g/mol. The van der Waals surface area contributed by atoms with Gasteiger partial charge in [-0.15, -0.1) is 0 Å². The standard InChI is InChI=1S/C15H31N3/c1-12(10-16-14-7-8-14)13(2)18(4)11-15-6-5-9-17(15)3/h12-16H,5-11H2,1-4H3. The van der Waals surface area contributed by atoms with Crippen LogP contribution in [0.5, 0.6) is 0 Å². The molecule has 3 heteroatoms. The monoisotopic (exact) mass is 253 g/mol. The van der Waals surface area contributed by atoms with Gasteiger partial charge in [0.25, 0.3) is 0 Å². The van der Waals surface area contributed by atoms with Crippen LogP contribution in [0.4, 0.5) is 0 Å². The second-order valence-electron chi connectivity index (χ2n) is 6.62. The first-order chi connectivity index (χ1) is 8.58. The summed E-state index contributed by atoms with van der Waals surface area (Å²) >= 11 is 0. The number of hydrogen-bond acceptors (Lipinski definition) is 3. The molecular formula is C15H31N3. The minimum absolute atomic E-state index is 0.672. The van der Waals surface area contributed by atoms with E-state index in [9.17, 15) is 0 Å². The highest BCUT2D eigenvalue weighted by molar-refractivity contribution is 4.85. The molecule has 3 unspecified atom stereocenters. The van der Waals surface area contributed by atoms with Crippen molar-refractivity contribution in [3.63, 3.8) is 0 Å². The lowest BCUT2D eigenvalue weighted by molar-refractivity contribution is 0.150. The Bertz CT molecular complexity index is 252. The van der Waals surface area contributed by atoms with Crippen LogP contribution in [0.15, 0.2) is 0 Å². The van der Waals surface area contributed by atoms with Gasteiger partial charge in [-0.3, -0.25) is 0 Å². The summed E-state index contributed by atoms with van der Waals surface area (Å²) < 4.78 is 0. The first-order valence-electron chi connectivity index (χ1n) is 7.71. The molecule has 2 aliphatic rings. The molecule has 1 saturated heterocycles. The van der Waals surface area contributed by atoms with Gasteiger partial charge in [0, 0.05) is 24.7 Å². The van der Waals surface area contributed by atoms with Crippen LogP contribution in [0.25, 0.3) is 0 Å². The highest BCUT2D eigenvalue weighted by Gasteiger charge is 2.26. The highest BCUT2D eigenvalue weighted by Crippen LogP contribution is 2.21. The molecule has 1 aliphatic carbocycles. The number of nitrogens with zero attached hydrogens (tertiary/aromatic N) is 2. The number of nitrogens with one attached hydrogen (secondary N) is 1. The largest absolute Gasteiger partial charge is 0.314 e. The van der Waals surface area contributed by atoms with Crippen molar-refractivity contribution in [3.05, 3.63) is 0 Å². The van der Waals surface area contributed by atoms with E-state index in [0.717, 1.165) is 18.0 Å². The molecule has 1 heterocycles. The lowest BCUT2D eigenvalue weighted by Crippen LogP contribution is -2.45. The normalized spacial score (nSPS) is 28.8. The van der Waals surface area contributed by atoms with Crippen molar-refractivity contribution in [1.29, 1.82) is 0 Å². The van der Waals surface area contributed by atoms with Crippen LogP contribution in [0.3, 0.4) is 0 Å². The van der Waals surface area contributed by atoms with Gasteiger partial charge in [-0.1, -0.05) is 6.92 Å². The smallest absolute Gasteiger partial charge is 0.0220 e. The maximum atomic E-state index is 3.66. The maximum absolute atomic E-state index is 3.66. The maximum Gasteiger partial charge on any atom is 0.0220 e. The van der Waals surface area contributed by atoms with Crippen molar-refractivity contribution >= 4 is 0 Å². The SMILES string of the molecule is CC(CNC1CC1)C(C)N(C)CC1CCCN1C. The predicted octanol–water partition coefficient (Wildman–Crippen LogP) is 1.79. The fourth-order valence-corrected chi connectivity index (χ4v) is 2.95. The Kier molecular flexibility index (Phi) is 5.05. The molecule has 1 N–H and O–H groups in total. The van der Waals surface area contributed by atoms with Gasteiger partial charge in [-0.25, -0.2) is 0 Å². The van der Waals surface area contributed by atoms with Crippen LogP contribution in [0.1, 0.15) is 39.5 Å². The second-order valence-corrected chi connectivity index (χ2v) is 6.62. The summed E-state index contributed by atoms with van der Waals surface area (Å²) in [4.78, 5) is 5.09. The van der Waals surface area contributed by atoms with Crippen molar-refractivity contribution < 1.29 is 0 Å². The van der Waals surface area contributed by atoms with E-state index in [0.29, 0.717) is 6.04 Å². The van der Waals surface area contributed by atoms with Crippen molar-refractivity contribution in [2.45, 2.75) is 57.7 Å². The zero-order valence-electron chi connectivity index (χ0n) is 12.7. The molecule has 0 aromatic carbocycles. The Morgan fingerprint density at radius 2 is 2.00 bits per heavy atom. The lowest BCUT2D eigenvalue weighted by atomic mass is 10.0. The summed E-state index contributed by atoms with van der Waals surface area (Å²) in [5.41, 5.74) is 0. The number of likely N-dealkylation sites (N-methyl/N-ethyl adjacent to an activating group) is 2. The fourth-order valence-electron chi connectivity index (χ4n) is 2.95. The molecule has 0 aromatic rings. The zero-order valence-corrected chi connectivity index (χ0v) is 12.7. The van der Waals surface area contributed by atoms with Gasteiger partial charge in [0.2, 0.25) is 0 Å². The quantitative estimate of drug-likeness (QED) is 0.746. The Hall–Kier alpha value is -0.120. The van der Waals surface area contributed by atoms with E-state index in [1.54, 1.807) is 0 Å². The van der Waals surface area contributed by atoms with Crippen LogP contribution in [0, 0.1) is 5.92 Å². The van der Waals surface area contributed by atoms with E-state index in [1.165, 1.54) is 45.3 Å². The van der Waals surface area contributed by atoms with Crippen molar-refractivity contribution in [2.75, 3.05) is 33.7 Å². The number of hydrogen-bond donors (Lipinski definition) is 1. The Morgan fingerprint density at radius 1 is 1.28 bits per heavy atom. The van der Waals surface area contributed by atoms with Crippen molar-refractivity contribution in [2.24, 2.45) is 5.92 Å². The molecule has 1 saturated carbocycles. The Labute approximate surface area is 113 Å². The first-order valence-corrected chi connectivity index (χ1v) is 7.71. The average Bonchev–Trinajstić information content (AvgIpc) is 3.10. The molecule has 2 fully saturated rings. The summed E-state index contributed by atoms with van der Waals surface area (Å²) in [5, 5.41) is 3.66. The third-order valence-corrected chi connectivity index (χ3v) is 4.99. The van der Waals surface area contributed by atoms with Gasteiger partial charge < -0.3 is 15.1 Å². The lowest BCUT2D eigenvalue weighted by Gasteiger charge is -2.33. The molecule has 0 radical (unpaired) electrons. The zero-order chi connectivity index (χ0) is 13.1. The summed E-state index contributed by atoms with van der Waals surface area (Å²) in [7, 11) is 4.57. The van der Waals surface area contributed by atoms with E-state index >= 15 is 0 Å². The molecule has 0 amide bonds. The van der Waals surface area contributed by atoms with E-state index in [-0.39, 0.29) is 0 Å². The van der Waals surface area contributed by atoms with Crippen molar-refractivity contribution in [1.82, 2.24) is 15.1 Å². The summed E-state index contributed by atoms with van der Waals surface area (Å²) in [6.07, 6.45) is 5.54. The van der Waals surface area contributed by atoms with E-state index in [4.69, 9.17) is 0 Å². The topological polar surface area (TPSA) is 18.5 Å². The minimum atomic E-state index is 0.672. The van der Waals surface area contributed by atoms with Crippen LogP contribution in [-0.4, -0.2) is 61.7 Å². The third kappa shape index (κ3) is 3.94. The predicted molar refractivity (Wildman–Crippen MR) is 77.9 cm³/mol. The molecule has 106 valence electrons. The van der Waals surface area contributed by atoms with Crippen LogP contribution in [0.2, 0.25) is 0 Å². The summed E-state index contributed by atoms with van der Waals surface area (Å²) in [6.45, 7) is 8.46. The van der Waals surface area contributed by atoms with Gasteiger partial charge in [-0.2, -0.15) is 0 Å². The molecule has 0 aromatic heterocycles. The van der Waals surface area contributed by atoms with E-state index < -0.39 is 0 Å². The summed E-state index contributed by atoms with van der Waals surface area (Å²) in [5.74, 6) is 0.738. The van der Waals surface area contributed by atoms with Crippen LogP contribution >= 0.6 is 0 Å². The molecule has 2 rings (SSSR count). The van der Waals surface area contributed by atoms with Gasteiger partial charge in [-0.05, 0) is 65.7 Å². The Balaban J connectivity index is 1.70. The van der Waals surface area contributed by atoms with Gasteiger partial charge in [0.15, 0.2) is 0 Å². The molecule has 3 nitrogen and oxygen atoms in total. The molecule has 0 bridgehead atoms. The molecule has 0 spiro atoms. The summed E-state index contributed by atoms with van der Waals surface area (Å²) in [6, 6.07) is 2.29.